The van der Waals surface area contributed by atoms with Crippen LogP contribution >= 0.6 is 15.9 Å². The van der Waals surface area contributed by atoms with Crippen molar-refractivity contribution in [1.82, 2.24) is 10.2 Å². The topological polar surface area (TPSA) is 25.8 Å². The van der Waals surface area contributed by atoms with Gasteiger partial charge in [-0.1, -0.05) is 13.8 Å². The van der Waals surface area contributed by atoms with Crippen molar-refractivity contribution < 1.29 is 4.39 Å². The van der Waals surface area contributed by atoms with Gasteiger partial charge in [0.2, 0.25) is 5.95 Å². The largest absolute Gasteiger partial charge is 0.237 e. The van der Waals surface area contributed by atoms with Gasteiger partial charge in [0.25, 0.3) is 0 Å². The zero-order chi connectivity index (χ0) is 10.3. The van der Waals surface area contributed by atoms with Crippen LogP contribution in [0, 0.1) is 5.95 Å². The van der Waals surface area contributed by atoms with E-state index in [0.717, 1.165) is 24.0 Å². The fourth-order valence-corrected chi connectivity index (χ4v) is 2.34. The molecule has 1 aromatic heterocycles. The van der Waals surface area contributed by atoms with E-state index in [4.69, 9.17) is 0 Å². The molecule has 2 nitrogen and oxygen atoms in total. The maximum atomic E-state index is 13.5. The normalized spacial score (nSPS) is 16.4. The molecule has 0 saturated heterocycles. The molecule has 2 rings (SSSR count). The minimum absolute atomic E-state index is 0.164. The van der Waals surface area contributed by atoms with Crippen LogP contribution in [-0.2, 0) is 0 Å². The van der Waals surface area contributed by atoms with Crippen LogP contribution in [0.4, 0.5) is 4.39 Å². The highest BCUT2D eigenvalue weighted by molar-refractivity contribution is 9.10. The van der Waals surface area contributed by atoms with Gasteiger partial charge in [-0.05, 0) is 46.2 Å². The van der Waals surface area contributed by atoms with E-state index in [1.807, 2.05) is 13.8 Å². The van der Waals surface area contributed by atoms with Gasteiger partial charge in [0.15, 0.2) is 0 Å². The van der Waals surface area contributed by atoms with E-state index in [1.54, 1.807) is 0 Å². The maximum absolute atomic E-state index is 13.5. The lowest BCUT2D eigenvalue weighted by Gasteiger charge is -2.12. The Balaban J connectivity index is 2.57. The van der Waals surface area contributed by atoms with Gasteiger partial charge in [0, 0.05) is 5.56 Å². The average Bonchev–Trinajstić information content (AvgIpc) is 2.91. The molecule has 0 bridgehead atoms. The van der Waals surface area contributed by atoms with Crippen molar-refractivity contribution in [2.24, 2.45) is 0 Å². The highest BCUT2D eigenvalue weighted by Crippen LogP contribution is 2.46. The summed E-state index contributed by atoms with van der Waals surface area (Å²) in [6, 6.07) is 0. The highest BCUT2D eigenvalue weighted by Gasteiger charge is 2.31. The Morgan fingerprint density at radius 2 is 2.00 bits per heavy atom. The molecule has 0 radical (unpaired) electrons. The fourth-order valence-electron chi connectivity index (χ4n) is 1.73. The van der Waals surface area contributed by atoms with E-state index >= 15 is 0 Å². The molecule has 0 N–H and O–H groups in total. The van der Waals surface area contributed by atoms with Gasteiger partial charge in [-0.25, -0.2) is 0 Å². The number of aromatic nitrogens is 2. The Kier molecular flexibility index (Phi) is 2.56. The molecule has 0 spiro atoms. The Morgan fingerprint density at radius 3 is 2.50 bits per heavy atom. The van der Waals surface area contributed by atoms with Gasteiger partial charge in [-0.2, -0.15) is 4.39 Å². The van der Waals surface area contributed by atoms with Crippen molar-refractivity contribution in [2.75, 3.05) is 0 Å². The first kappa shape index (κ1) is 10.0. The summed E-state index contributed by atoms with van der Waals surface area (Å²) in [6.45, 7) is 3.97. The van der Waals surface area contributed by atoms with Crippen LogP contribution in [-0.4, -0.2) is 10.2 Å². The van der Waals surface area contributed by atoms with E-state index in [9.17, 15) is 4.39 Å². The monoisotopic (exact) mass is 258 g/mol. The van der Waals surface area contributed by atoms with E-state index in [0.29, 0.717) is 10.5 Å². The first-order chi connectivity index (χ1) is 6.61. The van der Waals surface area contributed by atoms with Gasteiger partial charge in [-0.15, -0.1) is 10.2 Å². The lowest BCUT2D eigenvalue weighted by molar-refractivity contribution is 0.529. The number of hydrogen-bond acceptors (Lipinski definition) is 2. The quantitative estimate of drug-likeness (QED) is 0.813. The number of rotatable bonds is 2. The van der Waals surface area contributed by atoms with Crippen LogP contribution in [0.1, 0.15) is 49.7 Å². The second-order valence-corrected chi connectivity index (χ2v) is 4.79. The Hall–Kier alpha value is -0.510. The zero-order valence-corrected chi connectivity index (χ0v) is 9.81. The average molecular weight is 259 g/mol. The number of hydrogen-bond donors (Lipinski definition) is 0. The van der Waals surface area contributed by atoms with Crippen LogP contribution in [0.25, 0.3) is 0 Å². The van der Waals surface area contributed by atoms with Gasteiger partial charge in [0.1, 0.15) is 4.60 Å². The second kappa shape index (κ2) is 3.57. The lowest BCUT2D eigenvalue weighted by atomic mass is 9.97. The molecule has 0 aliphatic heterocycles. The molecule has 76 valence electrons. The molecule has 0 amide bonds. The molecule has 4 heteroatoms. The molecule has 1 aromatic rings. The Morgan fingerprint density at radius 1 is 1.36 bits per heavy atom. The second-order valence-electron chi connectivity index (χ2n) is 4.04. The fraction of sp³-hybridized carbons (Fsp3) is 0.600. The van der Waals surface area contributed by atoms with Crippen LogP contribution in [0.15, 0.2) is 4.60 Å². The molecule has 1 aliphatic carbocycles. The molecule has 14 heavy (non-hydrogen) atoms. The summed E-state index contributed by atoms with van der Waals surface area (Å²) in [4.78, 5) is 0. The van der Waals surface area contributed by atoms with Crippen LogP contribution in [0.3, 0.4) is 0 Å². The predicted molar refractivity (Wildman–Crippen MR) is 55.8 cm³/mol. The first-order valence-electron chi connectivity index (χ1n) is 4.82. The van der Waals surface area contributed by atoms with E-state index < -0.39 is 5.95 Å². The lowest BCUT2D eigenvalue weighted by Crippen LogP contribution is -2.05. The maximum Gasteiger partial charge on any atom is 0.237 e. The Labute approximate surface area is 91.1 Å². The van der Waals surface area contributed by atoms with Crippen molar-refractivity contribution in [3.05, 3.63) is 21.7 Å². The predicted octanol–water partition coefficient (Wildman–Crippen LogP) is 3.38. The number of nitrogens with zero attached hydrogens (tertiary/aromatic N) is 2. The SMILES string of the molecule is CC(C)c1c(F)nnc(Br)c1C1CC1. The van der Waals surface area contributed by atoms with Crippen molar-refractivity contribution >= 4 is 15.9 Å². The molecule has 1 saturated carbocycles. The smallest absolute Gasteiger partial charge is 0.183 e. The molecular formula is C10H12BrFN2. The molecule has 1 aliphatic rings. The van der Waals surface area contributed by atoms with E-state index in [-0.39, 0.29) is 5.92 Å². The summed E-state index contributed by atoms with van der Waals surface area (Å²) in [6.07, 6.45) is 2.28. The summed E-state index contributed by atoms with van der Waals surface area (Å²) < 4.78 is 14.2. The van der Waals surface area contributed by atoms with Crippen LogP contribution < -0.4 is 0 Å². The minimum atomic E-state index is -0.412. The molecule has 1 heterocycles. The summed E-state index contributed by atoms with van der Waals surface area (Å²) in [5, 5.41) is 7.28. The first-order valence-corrected chi connectivity index (χ1v) is 5.62. The van der Waals surface area contributed by atoms with E-state index in [2.05, 4.69) is 26.1 Å². The van der Waals surface area contributed by atoms with Crippen molar-refractivity contribution in [3.63, 3.8) is 0 Å². The third-order valence-corrected chi connectivity index (χ3v) is 3.11. The molecule has 1 fully saturated rings. The van der Waals surface area contributed by atoms with Gasteiger partial charge in [0.05, 0.1) is 0 Å². The molecular weight excluding hydrogens is 247 g/mol. The minimum Gasteiger partial charge on any atom is -0.183 e. The zero-order valence-electron chi connectivity index (χ0n) is 8.22. The summed E-state index contributed by atoms with van der Waals surface area (Å²) in [5.74, 6) is 0.245. The standard InChI is InChI=1S/C10H12BrFN2/c1-5(2)7-8(6-3-4-6)9(11)13-14-10(7)12/h5-6H,3-4H2,1-2H3. The van der Waals surface area contributed by atoms with Gasteiger partial charge >= 0.3 is 0 Å². The van der Waals surface area contributed by atoms with Gasteiger partial charge in [-0.3, -0.25) is 0 Å². The summed E-state index contributed by atoms with van der Waals surface area (Å²) in [5.41, 5.74) is 1.77. The van der Waals surface area contributed by atoms with E-state index in [1.165, 1.54) is 0 Å². The summed E-state index contributed by atoms with van der Waals surface area (Å²) in [7, 11) is 0. The highest BCUT2D eigenvalue weighted by atomic mass is 79.9. The molecule has 0 unspecified atom stereocenters. The molecule has 0 atom stereocenters. The van der Waals surface area contributed by atoms with Crippen LogP contribution in [0.2, 0.25) is 0 Å². The van der Waals surface area contributed by atoms with Crippen molar-refractivity contribution in [2.45, 2.75) is 38.5 Å². The Bertz CT molecular complexity index is 334. The van der Waals surface area contributed by atoms with Gasteiger partial charge < -0.3 is 0 Å². The third-order valence-electron chi connectivity index (χ3n) is 2.52. The molecule has 0 aromatic carbocycles. The third kappa shape index (κ3) is 1.67. The van der Waals surface area contributed by atoms with Crippen molar-refractivity contribution in [3.8, 4) is 0 Å². The van der Waals surface area contributed by atoms with Crippen molar-refractivity contribution in [1.29, 1.82) is 0 Å². The number of halogens is 2. The van der Waals surface area contributed by atoms with Crippen LogP contribution in [0.5, 0.6) is 0 Å². The summed E-state index contributed by atoms with van der Waals surface area (Å²) >= 11 is 3.35.